The molecule has 0 bridgehead atoms. The van der Waals surface area contributed by atoms with E-state index in [1.165, 1.54) is 0 Å². The lowest BCUT2D eigenvalue weighted by atomic mass is 10.1. The predicted molar refractivity (Wildman–Crippen MR) is 165 cm³/mol. The van der Waals surface area contributed by atoms with Gasteiger partial charge in [-0.1, -0.05) is 13.8 Å². The zero-order chi connectivity index (χ0) is 29.0. The van der Waals surface area contributed by atoms with Gasteiger partial charge in [-0.25, -0.2) is 9.67 Å². The highest BCUT2D eigenvalue weighted by Gasteiger charge is 2.27. The summed E-state index contributed by atoms with van der Waals surface area (Å²) in [7, 11) is 1.53. The molecule has 0 spiro atoms. The molecule has 9 nitrogen and oxygen atoms in total. The minimum Gasteiger partial charge on any atom is -0.497 e. The molecule has 41 heavy (non-hydrogen) atoms. The Bertz CT molecular complexity index is 1450. The number of aromatic nitrogens is 4. The third-order valence-corrected chi connectivity index (χ3v) is 11.8. The highest BCUT2D eigenvalue weighted by Crippen LogP contribution is 2.35. The minimum atomic E-state index is -1.80. The van der Waals surface area contributed by atoms with E-state index in [9.17, 15) is 0 Å². The van der Waals surface area contributed by atoms with Gasteiger partial charge in [0.05, 0.1) is 43.8 Å². The predicted octanol–water partition coefficient (Wildman–Crippen LogP) is 6.98. The summed E-state index contributed by atoms with van der Waals surface area (Å²) in [6.07, 6.45) is 6.70. The zero-order valence-electron chi connectivity index (χ0n) is 25.0. The second kappa shape index (κ2) is 12.6. The number of fused-ring (bicyclic) bond motifs is 1. The van der Waals surface area contributed by atoms with Crippen molar-refractivity contribution in [3.05, 3.63) is 54.9 Å². The Hall–Kier alpha value is -3.47. The Labute approximate surface area is 243 Å². The number of ether oxygens (including phenoxy) is 3. The maximum Gasteiger partial charge on any atom is 0.189 e. The second-order valence-corrected chi connectivity index (χ2v) is 15.9. The van der Waals surface area contributed by atoms with Gasteiger partial charge < -0.3 is 23.5 Å². The molecule has 3 heterocycles. The highest BCUT2D eigenvalue weighted by molar-refractivity contribution is 6.72. The van der Waals surface area contributed by atoms with Crippen LogP contribution >= 0.6 is 0 Å². The fourth-order valence-corrected chi connectivity index (χ4v) is 5.83. The lowest BCUT2D eigenvalue weighted by molar-refractivity contribution is -0.0384. The van der Waals surface area contributed by atoms with E-state index in [0.29, 0.717) is 18.7 Å². The molecule has 5 rings (SSSR count). The first-order valence-corrected chi connectivity index (χ1v) is 17.3. The first-order chi connectivity index (χ1) is 19.8. The molecule has 0 N–H and O–H groups in total. The summed E-state index contributed by atoms with van der Waals surface area (Å²) in [6, 6.07) is 14.1. The summed E-state index contributed by atoms with van der Waals surface area (Å²) in [5.74, 6) is 1.45. The van der Waals surface area contributed by atoms with Crippen LogP contribution in [0, 0.1) is 0 Å². The van der Waals surface area contributed by atoms with Crippen LogP contribution in [-0.2, 0) is 9.16 Å². The van der Waals surface area contributed by atoms with E-state index in [1.807, 2.05) is 41.2 Å². The number of nitrogens with zero attached hydrogens (tertiary/aromatic N) is 5. The van der Waals surface area contributed by atoms with Crippen LogP contribution in [0.1, 0.15) is 39.3 Å². The first kappa shape index (κ1) is 29.0. The fraction of sp³-hybridized carbons (Fsp3) is 0.452. The van der Waals surface area contributed by atoms with E-state index in [2.05, 4.69) is 49.1 Å². The van der Waals surface area contributed by atoms with E-state index in [4.69, 9.17) is 28.6 Å². The number of hydrogen-bond acceptors (Lipinski definition) is 8. The van der Waals surface area contributed by atoms with E-state index in [1.54, 1.807) is 20.4 Å². The average Bonchev–Trinajstić information content (AvgIpc) is 3.49. The molecule has 2 aromatic heterocycles. The van der Waals surface area contributed by atoms with Crippen molar-refractivity contribution in [3.63, 3.8) is 0 Å². The quantitative estimate of drug-likeness (QED) is 0.177. The van der Waals surface area contributed by atoms with Gasteiger partial charge in [0, 0.05) is 48.9 Å². The summed E-state index contributed by atoms with van der Waals surface area (Å²) in [5, 5.41) is 4.56. The van der Waals surface area contributed by atoms with Crippen molar-refractivity contribution in [2.24, 2.45) is 0 Å². The topological polar surface area (TPSA) is 83.8 Å². The molecule has 1 aliphatic rings. The molecule has 218 valence electrons. The van der Waals surface area contributed by atoms with Crippen molar-refractivity contribution in [1.29, 1.82) is 0 Å². The maximum atomic E-state index is 6.49. The Balaban J connectivity index is 1.51. The normalized spacial score (nSPS) is 15.8. The van der Waals surface area contributed by atoms with Crippen LogP contribution in [0.25, 0.3) is 22.4 Å². The number of hydrogen-bond donors (Lipinski definition) is 0. The van der Waals surface area contributed by atoms with Gasteiger partial charge in [-0.2, -0.15) is 5.10 Å². The summed E-state index contributed by atoms with van der Waals surface area (Å²) >= 11 is 0. The smallest absolute Gasteiger partial charge is 0.189 e. The molecule has 0 radical (unpaired) electrons. The summed E-state index contributed by atoms with van der Waals surface area (Å²) in [6.45, 7) is 11.0. The molecule has 10 heteroatoms. The lowest BCUT2D eigenvalue weighted by Gasteiger charge is -2.30. The molecule has 1 aliphatic heterocycles. The first-order valence-electron chi connectivity index (χ1n) is 14.4. The lowest BCUT2D eigenvalue weighted by Crippen LogP contribution is -2.37. The minimum absolute atomic E-state index is 0.0743. The monoisotopic (exact) mass is 575 g/mol. The van der Waals surface area contributed by atoms with Crippen LogP contribution in [0.2, 0.25) is 18.6 Å². The van der Waals surface area contributed by atoms with Gasteiger partial charge in [0.15, 0.2) is 14.5 Å². The Morgan fingerprint density at radius 1 is 1.00 bits per heavy atom. The van der Waals surface area contributed by atoms with Crippen LogP contribution < -0.4 is 14.4 Å². The van der Waals surface area contributed by atoms with Crippen LogP contribution in [0.5, 0.6) is 11.5 Å². The highest BCUT2D eigenvalue weighted by atomic mass is 28.4. The van der Waals surface area contributed by atoms with Gasteiger partial charge >= 0.3 is 0 Å². The Kier molecular flexibility index (Phi) is 8.91. The summed E-state index contributed by atoms with van der Waals surface area (Å²) < 4.78 is 25.6. The van der Waals surface area contributed by atoms with Crippen molar-refractivity contribution < 1.29 is 18.6 Å². The van der Waals surface area contributed by atoms with Crippen molar-refractivity contribution in [2.75, 3.05) is 38.9 Å². The molecule has 0 amide bonds. The third-order valence-electron chi connectivity index (χ3n) is 8.03. The van der Waals surface area contributed by atoms with Gasteiger partial charge in [0.1, 0.15) is 17.2 Å². The van der Waals surface area contributed by atoms with Crippen molar-refractivity contribution in [3.8, 4) is 22.9 Å². The van der Waals surface area contributed by atoms with Gasteiger partial charge in [0.2, 0.25) is 0 Å². The molecule has 2 aromatic carbocycles. The maximum absolute atomic E-state index is 6.49. The van der Waals surface area contributed by atoms with Gasteiger partial charge in [-0.05, 0) is 62.2 Å². The van der Waals surface area contributed by atoms with E-state index in [0.717, 1.165) is 71.2 Å². The number of methoxy groups -OCH3 is 2. The number of benzene rings is 2. The van der Waals surface area contributed by atoms with Crippen molar-refractivity contribution >= 4 is 30.7 Å². The molecule has 0 saturated carbocycles. The average molecular weight is 576 g/mol. The molecule has 1 atom stereocenters. The van der Waals surface area contributed by atoms with Crippen LogP contribution in [0.4, 0.5) is 11.4 Å². The van der Waals surface area contributed by atoms with Crippen molar-refractivity contribution in [2.45, 2.75) is 58.0 Å². The van der Waals surface area contributed by atoms with E-state index in [-0.39, 0.29) is 6.23 Å². The van der Waals surface area contributed by atoms with Gasteiger partial charge in [-0.3, -0.25) is 4.98 Å². The Morgan fingerprint density at radius 3 is 2.46 bits per heavy atom. The van der Waals surface area contributed by atoms with Crippen LogP contribution in [-0.4, -0.2) is 62.0 Å². The molecular weight excluding hydrogens is 534 g/mol. The largest absolute Gasteiger partial charge is 0.497 e. The fourth-order valence-electron chi connectivity index (χ4n) is 4.88. The van der Waals surface area contributed by atoms with Gasteiger partial charge in [-0.15, -0.1) is 0 Å². The number of anilines is 2. The molecule has 0 aliphatic carbocycles. The standard InChI is InChI=1S/C31H41N5O4Si/c1-22(2)41(5,6)40-16-14-35(24-17-25(37-3)20-26(18-24)38-4)23-10-11-27-28(19-23)34-29(21-32-27)30-12-13-33-36(30)31-9-7-8-15-39-31/h10-13,17-22,31H,7-9,14-16H2,1-6H3. The van der Waals surface area contributed by atoms with Gasteiger partial charge in [0.25, 0.3) is 0 Å². The summed E-state index contributed by atoms with van der Waals surface area (Å²) in [5.41, 5.74) is 5.75. The number of rotatable bonds is 11. The van der Waals surface area contributed by atoms with Crippen LogP contribution in [0.15, 0.2) is 54.9 Å². The molecule has 1 saturated heterocycles. The molecule has 1 unspecified atom stereocenters. The van der Waals surface area contributed by atoms with E-state index < -0.39 is 8.32 Å². The molecular formula is C31H41N5O4Si. The van der Waals surface area contributed by atoms with E-state index >= 15 is 0 Å². The van der Waals surface area contributed by atoms with Crippen molar-refractivity contribution in [1.82, 2.24) is 19.7 Å². The summed E-state index contributed by atoms with van der Waals surface area (Å²) in [4.78, 5) is 12.0. The molecule has 4 aromatic rings. The Morgan fingerprint density at radius 2 is 1.78 bits per heavy atom. The second-order valence-electron chi connectivity index (χ2n) is 11.2. The van der Waals surface area contributed by atoms with Crippen LogP contribution in [0.3, 0.4) is 0 Å². The zero-order valence-corrected chi connectivity index (χ0v) is 26.0. The molecule has 1 fully saturated rings. The third kappa shape index (κ3) is 6.55. The SMILES string of the molecule is COc1cc(OC)cc(N(CCO[Si](C)(C)C(C)C)c2ccc3ncc(-c4ccnn4C4CCCCO4)nc3c2)c1.